The Hall–Kier alpha value is -4.96. The predicted molar refractivity (Wildman–Crippen MR) is 178 cm³/mol. The molecular weight excluding hydrogens is 699 g/mol. The van der Waals surface area contributed by atoms with Crippen LogP contribution in [0.15, 0.2) is 41.1 Å². The molecule has 1 saturated heterocycles. The molecule has 3 atom stereocenters. The number of carboxylic acid groups (broad SMARTS) is 1. The summed E-state index contributed by atoms with van der Waals surface area (Å²) in [6, 6.07) is 4.07. The highest BCUT2D eigenvalue weighted by Gasteiger charge is 2.58. The number of hydroxylamine groups is 2. The molecule has 5 rings (SSSR count). The number of hydrogen-bond donors (Lipinski definition) is 6. The number of fused-ring (bicyclic) bond motifs is 1. The Kier molecular flexibility index (Phi) is 10.3. The molecule has 19 nitrogen and oxygen atoms in total. The smallest absolute Gasteiger partial charge is 0.418 e. The third-order valence-corrected chi connectivity index (χ3v) is 9.13. The number of amides is 2. The fourth-order valence-corrected chi connectivity index (χ4v) is 6.22. The number of aliphatic carboxylic acids is 1. The van der Waals surface area contributed by atoms with Gasteiger partial charge in [0, 0.05) is 29.9 Å². The second-order valence-corrected chi connectivity index (χ2v) is 13.9. The van der Waals surface area contributed by atoms with Gasteiger partial charge in [-0.2, -0.15) is 13.5 Å². The van der Waals surface area contributed by atoms with E-state index in [1.165, 1.54) is 26.2 Å². The van der Waals surface area contributed by atoms with Crippen molar-refractivity contribution in [3.63, 3.8) is 0 Å². The summed E-state index contributed by atoms with van der Waals surface area (Å²) in [4.78, 5) is 57.1. The summed E-state index contributed by atoms with van der Waals surface area (Å²) in [5.41, 5.74) is 9.54. The number of aromatic nitrogens is 3. The average molecular weight is 734 g/mol. The molecule has 21 heteroatoms. The van der Waals surface area contributed by atoms with Crippen molar-refractivity contribution in [2.75, 3.05) is 24.1 Å². The van der Waals surface area contributed by atoms with Crippen LogP contribution in [0.5, 0.6) is 5.75 Å². The van der Waals surface area contributed by atoms with Gasteiger partial charge in [0.1, 0.15) is 17.5 Å². The molecule has 50 heavy (non-hydrogen) atoms. The molecular formula is C29H35N9O10S2. The van der Waals surface area contributed by atoms with Gasteiger partial charge in [-0.15, -0.1) is 15.6 Å². The van der Waals surface area contributed by atoms with Crippen LogP contribution in [0.25, 0.3) is 11.1 Å². The van der Waals surface area contributed by atoms with Crippen molar-refractivity contribution in [2.45, 2.75) is 63.3 Å². The number of anilines is 2. The van der Waals surface area contributed by atoms with Crippen LogP contribution in [0, 0.1) is 0 Å². The Bertz CT molecular complexity index is 1920. The van der Waals surface area contributed by atoms with Gasteiger partial charge in [0.05, 0.1) is 5.54 Å². The number of nitrogens with zero attached hydrogens (tertiary/aromatic N) is 5. The number of nitrogens with two attached hydrogens (primary N) is 2. The van der Waals surface area contributed by atoms with Crippen molar-refractivity contribution in [1.82, 2.24) is 25.3 Å². The molecule has 0 saturated carbocycles. The molecule has 8 N–H and O–H groups in total. The zero-order valence-electron chi connectivity index (χ0n) is 27.0. The maximum absolute atomic E-state index is 13.5. The van der Waals surface area contributed by atoms with Gasteiger partial charge in [-0.1, -0.05) is 11.2 Å². The molecule has 268 valence electrons. The van der Waals surface area contributed by atoms with E-state index in [2.05, 4.69) is 35.0 Å². The topological polar surface area (TPSA) is 284 Å². The van der Waals surface area contributed by atoms with E-state index in [9.17, 15) is 27.9 Å². The number of ether oxygens (including phenoxy) is 1. The van der Waals surface area contributed by atoms with Crippen molar-refractivity contribution in [3.05, 3.63) is 47.2 Å². The first-order valence-electron chi connectivity index (χ1n) is 15.1. The van der Waals surface area contributed by atoms with E-state index in [0.717, 1.165) is 34.4 Å². The molecule has 1 unspecified atom stereocenters. The number of hydrogen-bond acceptors (Lipinski definition) is 16. The number of carboxylic acids is 1. The van der Waals surface area contributed by atoms with Gasteiger partial charge in [-0.3, -0.25) is 14.1 Å². The number of nitrogen functional groups attached to an aromatic ring is 1. The molecule has 0 spiro atoms. The average Bonchev–Trinajstić information content (AvgIpc) is 3.50. The van der Waals surface area contributed by atoms with Crippen molar-refractivity contribution in [2.24, 2.45) is 10.9 Å². The monoisotopic (exact) mass is 733 g/mol. The van der Waals surface area contributed by atoms with Crippen LogP contribution in [-0.2, 0) is 40.3 Å². The Labute approximate surface area is 289 Å². The molecule has 1 fully saturated rings. The number of benzene rings is 1. The lowest BCUT2D eigenvalue weighted by Crippen LogP contribution is -2.76. The molecule has 2 aliphatic rings. The SMILES string of the molecule is CC1(C)C(NC(=O)/C(=N\O[C@](C)(C(=O)O)[C@H]2CCc3cc(-c4cnc(NCCCN)nc4)ccc3O2)c2csc(N)n2)C(=O)N1OS(=O)(=O)O. The first kappa shape index (κ1) is 36.3. The summed E-state index contributed by atoms with van der Waals surface area (Å²) in [7, 11) is -5.03. The van der Waals surface area contributed by atoms with E-state index in [0.29, 0.717) is 36.3 Å². The van der Waals surface area contributed by atoms with E-state index >= 15 is 0 Å². The minimum atomic E-state index is -5.03. The normalized spacial score (nSPS) is 19.7. The number of aryl methyl sites for hydroxylation is 1. The number of thiazole rings is 1. The molecule has 3 aromatic rings. The van der Waals surface area contributed by atoms with E-state index in [1.807, 2.05) is 6.07 Å². The minimum absolute atomic E-state index is 0.0579. The third kappa shape index (κ3) is 7.60. The summed E-state index contributed by atoms with van der Waals surface area (Å²) in [6.45, 7) is 5.19. The van der Waals surface area contributed by atoms with Crippen LogP contribution in [0.4, 0.5) is 11.1 Å². The van der Waals surface area contributed by atoms with E-state index in [4.69, 9.17) is 25.6 Å². The lowest BCUT2D eigenvalue weighted by Gasteiger charge is -2.50. The van der Waals surface area contributed by atoms with Crippen molar-refractivity contribution < 1.29 is 46.3 Å². The van der Waals surface area contributed by atoms with Gasteiger partial charge in [0.2, 0.25) is 5.95 Å². The van der Waals surface area contributed by atoms with Crippen LogP contribution in [0.1, 0.15) is 44.9 Å². The van der Waals surface area contributed by atoms with E-state index < -0.39 is 57.2 Å². The molecule has 1 aromatic carbocycles. The van der Waals surface area contributed by atoms with E-state index in [-0.39, 0.29) is 17.2 Å². The van der Waals surface area contributed by atoms with Gasteiger partial charge in [-0.05, 0) is 69.8 Å². The molecule has 4 heterocycles. The highest BCUT2D eigenvalue weighted by Crippen LogP contribution is 2.37. The Morgan fingerprint density at radius 3 is 2.58 bits per heavy atom. The number of β-lactam (4-membered cyclic amide) rings is 1. The third-order valence-electron chi connectivity index (χ3n) is 8.12. The van der Waals surface area contributed by atoms with Crippen molar-refractivity contribution in [1.29, 1.82) is 0 Å². The van der Waals surface area contributed by atoms with Gasteiger partial charge in [0.15, 0.2) is 16.9 Å². The highest BCUT2D eigenvalue weighted by molar-refractivity contribution is 7.80. The summed E-state index contributed by atoms with van der Waals surface area (Å²) in [5, 5.41) is 21.5. The fourth-order valence-electron chi connectivity index (χ4n) is 5.22. The summed E-state index contributed by atoms with van der Waals surface area (Å²) >= 11 is 0.964. The second kappa shape index (κ2) is 14.1. The molecule has 0 bridgehead atoms. The highest BCUT2D eigenvalue weighted by atomic mass is 32.3. The number of carbonyl (C=O) groups excluding carboxylic acids is 2. The number of oxime groups is 1. The maximum atomic E-state index is 13.5. The number of rotatable bonds is 14. The lowest BCUT2D eigenvalue weighted by atomic mass is 9.84. The molecule has 0 aliphatic carbocycles. The first-order chi connectivity index (χ1) is 23.5. The summed E-state index contributed by atoms with van der Waals surface area (Å²) in [6.07, 6.45) is 3.72. The summed E-state index contributed by atoms with van der Waals surface area (Å²) in [5.74, 6) is -2.54. The Morgan fingerprint density at radius 2 is 1.98 bits per heavy atom. The fraction of sp³-hybridized carbons (Fsp3) is 0.414. The summed E-state index contributed by atoms with van der Waals surface area (Å²) < 4.78 is 41.8. The van der Waals surface area contributed by atoms with Gasteiger partial charge in [-0.25, -0.2) is 19.7 Å². The molecule has 2 amide bonds. The lowest BCUT2D eigenvalue weighted by molar-refractivity contribution is -0.218. The Balaban J connectivity index is 1.33. The van der Waals surface area contributed by atoms with Gasteiger partial charge >= 0.3 is 16.4 Å². The zero-order chi connectivity index (χ0) is 36.4. The van der Waals surface area contributed by atoms with Gasteiger partial charge < -0.3 is 36.8 Å². The zero-order valence-corrected chi connectivity index (χ0v) is 28.7. The van der Waals surface area contributed by atoms with Crippen LogP contribution in [0.3, 0.4) is 0 Å². The first-order valence-corrected chi connectivity index (χ1v) is 17.4. The second-order valence-electron chi connectivity index (χ2n) is 12.0. The standard InChI is InChI=1S/C29H35N9O10S2/c1-28(2)22(24(40)38(28)48-50(43,44)45)36-23(39)21(18-14-49-26(31)35-18)37-47-29(3,25(41)42)20-8-6-16-11-15(5-7-19(16)46-20)17-12-33-27(34-13-17)32-10-4-9-30/h5,7,11-14,20,22H,4,6,8-10,30H2,1-3H3,(H2,31,35)(H,36,39)(H,41,42)(H,32,33,34)(H,43,44,45)/b37-21-/t20-,22?,29+/m1/s1. The number of nitrogens with one attached hydrogen (secondary N) is 2. The maximum Gasteiger partial charge on any atom is 0.418 e. The van der Waals surface area contributed by atoms with Crippen LogP contribution < -0.4 is 26.8 Å². The Morgan fingerprint density at radius 1 is 1.26 bits per heavy atom. The van der Waals surface area contributed by atoms with Crippen molar-refractivity contribution >= 4 is 56.3 Å². The molecule has 0 radical (unpaired) electrons. The quantitative estimate of drug-likeness (QED) is 0.0438. The number of carbonyl (C=O) groups is 3. The van der Waals surface area contributed by atoms with Crippen LogP contribution in [-0.4, -0.2) is 98.0 Å². The van der Waals surface area contributed by atoms with Crippen molar-refractivity contribution in [3.8, 4) is 16.9 Å². The predicted octanol–water partition coefficient (Wildman–Crippen LogP) is 0.741. The van der Waals surface area contributed by atoms with Gasteiger partial charge in [0.25, 0.3) is 17.4 Å². The minimum Gasteiger partial charge on any atom is -0.485 e. The van der Waals surface area contributed by atoms with Crippen LogP contribution in [0.2, 0.25) is 0 Å². The largest absolute Gasteiger partial charge is 0.485 e. The van der Waals surface area contributed by atoms with E-state index in [1.54, 1.807) is 24.5 Å². The molecule has 2 aromatic heterocycles. The van der Waals surface area contributed by atoms with Crippen LogP contribution >= 0.6 is 11.3 Å². The molecule has 2 aliphatic heterocycles.